The van der Waals surface area contributed by atoms with Crippen LogP contribution in [0.2, 0.25) is 0 Å². The smallest absolute Gasteiger partial charge is 0.0596 e. The zero-order chi connectivity index (χ0) is 11.8. The first-order chi connectivity index (χ1) is 7.51. The van der Waals surface area contributed by atoms with Crippen molar-refractivity contribution in [3.05, 3.63) is 0 Å². The fourth-order valence-corrected chi connectivity index (χ4v) is 2.86. The highest BCUT2D eigenvalue weighted by atomic mass is 16.5. The van der Waals surface area contributed by atoms with Gasteiger partial charge in [0.15, 0.2) is 0 Å². The van der Waals surface area contributed by atoms with Gasteiger partial charge in [-0.15, -0.1) is 0 Å². The van der Waals surface area contributed by atoms with Crippen molar-refractivity contribution in [1.82, 2.24) is 9.80 Å². The van der Waals surface area contributed by atoms with Gasteiger partial charge in [-0.25, -0.2) is 0 Å². The second kappa shape index (κ2) is 4.63. The Bertz CT molecular complexity index is 226. The van der Waals surface area contributed by atoms with Gasteiger partial charge < -0.3 is 4.74 Å². The van der Waals surface area contributed by atoms with Crippen LogP contribution in [0, 0.1) is 5.41 Å². The lowest BCUT2D eigenvalue weighted by Crippen LogP contribution is -2.73. The van der Waals surface area contributed by atoms with E-state index in [4.69, 9.17) is 4.74 Å². The molecule has 2 rings (SSSR count). The van der Waals surface area contributed by atoms with E-state index in [9.17, 15) is 0 Å². The summed E-state index contributed by atoms with van der Waals surface area (Å²) in [6.07, 6.45) is 0.371. The Labute approximate surface area is 99.7 Å². The molecule has 0 N–H and O–H groups in total. The van der Waals surface area contributed by atoms with Gasteiger partial charge >= 0.3 is 0 Å². The fourth-order valence-electron chi connectivity index (χ4n) is 2.86. The van der Waals surface area contributed by atoms with E-state index >= 15 is 0 Å². The quantitative estimate of drug-likeness (QED) is 0.705. The number of nitrogens with zero attached hydrogens (tertiary/aromatic N) is 2. The van der Waals surface area contributed by atoms with Crippen molar-refractivity contribution in [2.75, 3.05) is 39.3 Å². The van der Waals surface area contributed by atoms with E-state index < -0.39 is 0 Å². The number of ether oxygens (including phenoxy) is 1. The van der Waals surface area contributed by atoms with Gasteiger partial charge in [-0.05, 0) is 27.7 Å². The third kappa shape index (κ3) is 2.58. The summed E-state index contributed by atoms with van der Waals surface area (Å²) in [5.74, 6) is 0. The molecule has 2 saturated heterocycles. The maximum atomic E-state index is 5.58. The van der Waals surface area contributed by atoms with Crippen LogP contribution >= 0.6 is 0 Å². The van der Waals surface area contributed by atoms with Crippen molar-refractivity contribution in [2.45, 2.75) is 39.8 Å². The summed E-state index contributed by atoms with van der Waals surface area (Å²) in [4.78, 5) is 5.10. The molecule has 2 aliphatic rings. The normalized spacial score (nSPS) is 25.1. The molecule has 3 heteroatoms. The standard InChI is InChI=1S/C13H26N2O/c1-11(2)15-9-13(10-15)7-14(8-13)5-6-16-12(3)4/h11-12H,5-10H2,1-4H3. The van der Waals surface area contributed by atoms with Gasteiger partial charge in [-0.1, -0.05) is 0 Å². The first-order valence-corrected chi connectivity index (χ1v) is 6.59. The fraction of sp³-hybridized carbons (Fsp3) is 1.00. The van der Waals surface area contributed by atoms with Crippen LogP contribution in [-0.4, -0.2) is 61.3 Å². The topological polar surface area (TPSA) is 15.7 Å². The summed E-state index contributed by atoms with van der Waals surface area (Å²) in [7, 11) is 0. The predicted molar refractivity (Wildman–Crippen MR) is 66.7 cm³/mol. The van der Waals surface area contributed by atoms with Gasteiger partial charge in [0.2, 0.25) is 0 Å². The highest BCUT2D eigenvalue weighted by molar-refractivity contribution is 5.06. The molecule has 0 aromatic carbocycles. The minimum absolute atomic E-state index is 0.371. The molecule has 2 fully saturated rings. The molecule has 0 aliphatic carbocycles. The van der Waals surface area contributed by atoms with Gasteiger partial charge in [-0.3, -0.25) is 9.80 Å². The summed E-state index contributed by atoms with van der Waals surface area (Å²) in [6, 6.07) is 0.726. The Hall–Kier alpha value is -0.120. The third-order valence-corrected chi connectivity index (χ3v) is 3.78. The van der Waals surface area contributed by atoms with Crippen molar-refractivity contribution in [2.24, 2.45) is 5.41 Å². The highest BCUT2D eigenvalue weighted by Gasteiger charge is 2.51. The van der Waals surface area contributed by atoms with E-state index in [0.29, 0.717) is 11.5 Å². The average molecular weight is 226 g/mol. The van der Waals surface area contributed by atoms with Gasteiger partial charge in [-0.2, -0.15) is 0 Å². The number of hydrogen-bond donors (Lipinski definition) is 0. The Morgan fingerprint density at radius 2 is 1.69 bits per heavy atom. The van der Waals surface area contributed by atoms with E-state index in [2.05, 4.69) is 37.5 Å². The van der Waals surface area contributed by atoms with Crippen molar-refractivity contribution in [3.8, 4) is 0 Å². The SMILES string of the molecule is CC(C)OCCN1CC2(C1)CN(C(C)C)C2. The highest BCUT2D eigenvalue weighted by Crippen LogP contribution is 2.40. The van der Waals surface area contributed by atoms with Crippen molar-refractivity contribution in [3.63, 3.8) is 0 Å². The molecule has 0 aromatic heterocycles. The number of hydrogen-bond acceptors (Lipinski definition) is 3. The zero-order valence-corrected chi connectivity index (χ0v) is 11.2. The molecule has 2 heterocycles. The Morgan fingerprint density at radius 1 is 1.06 bits per heavy atom. The van der Waals surface area contributed by atoms with Gasteiger partial charge in [0.05, 0.1) is 12.7 Å². The van der Waals surface area contributed by atoms with E-state index in [0.717, 1.165) is 19.2 Å². The molecule has 0 aromatic rings. The number of rotatable bonds is 5. The first kappa shape index (κ1) is 12.3. The van der Waals surface area contributed by atoms with Crippen molar-refractivity contribution in [1.29, 1.82) is 0 Å². The van der Waals surface area contributed by atoms with Gasteiger partial charge in [0, 0.05) is 44.2 Å². The molecule has 0 saturated carbocycles. The maximum absolute atomic E-state index is 5.58. The molecule has 0 unspecified atom stereocenters. The minimum Gasteiger partial charge on any atom is -0.377 e. The Balaban J connectivity index is 1.57. The molecule has 0 bridgehead atoms. The van der Waals surface area contributed by atoms with Crippen LogP contribution in [0.1, 0.15) is 27.7 Å². The molecule has 3 nitrogen and oxygen atoms in total. The summed E-state index contributed by atoms with van der Waals surface area (Å²) in [5, 5.41) is 0. The minimum atomic E-state index is 0.371. The van der Waals surface area contributed by atoms with Crippen molar-refractivity contribution < 1.29 is 4.74 Å². The maximum Gasteiger partial charge on any atom is 0.0596 e. The van der Waals surface area contributed by atoms with Crippen molar-refractivity contribution >= 4 is 0 Å². The van der Waals surface area contributed by atoms with Crippen LogP contribution in [0.3, 0.4) is 0 Å². The molecule has 94 valence electrons. The van der Waals surface area contributed by atoms with Gasteiger partial charge in [0.1, 0.15) is 0 Å². The summed E-state index contributed by atoms with van der Waals surface area (Å²) in [5.41, 5.74) is 0.655. The lowest BCUT2D eigenvalue weighted by atomic mass is 9.72. The lowest BCUT2D eigenvalue weighted by molar-refractivity contribution is -0.130. The second-order valence-electron chi connectivity index (χ2n) is 6.13. The van der Waals surface area contributed by atoms with E-state index in [1.807, 2.05) is 0 Å². The summed E-state index contributed by atoms with van der Waals surface area (Å²) in [6.45, 7) is 16.0. The van der Waals surface area contributed by atoms with Crippen LogP contribution in [0.4, 0.5) is 0 Å². The lowest BCUT2D eigenvalue weighted by Gasteiger charge is -2.61. The summed E-state index contributed by atoms with van der Waals surface area (Å²) >= 11 is 0. The monoisotopic (exact) mass is 226 g/mol. The zero-order valence-electron chi connectivity index (χ0n) is 11.2. The van der Waals surface area contributed by atoms with Crippen LogP contribution in [0.15, 0.2) is 0 Å². The van der Waals surface area contributed by atoms with Crippen LogP contribution in [0.5, 0.6) is 0 Å². The number of likely N-dealkylation sites (tertiary alicyclic amines) is 2. The Kier molecular flexibility index (Phi) is 3.57. The molecule has 0 radical (unpaired) electrons. The third-order valence-electron chi connectivity index (χ3n) is 3.78. The van der Waals surface area contributed by atoms with E-state index in [1.54, 1.807) is 0 Å². The molecule has 16 heavy (non-hydrogen) atoms. The molecule has 0 atom stereocenters. The second-order valence-corrected chi connectivity index (χ2v) is 6.13. The largest absolute Gasteiger partial charge is 0.377 e. The predicted octanol–water partition coefficient (Wildman–Crippen LogP) is 1.44. The molecular formula is C13H26N2O. The Morgan fingerprint density at radius 3 is 2.19 bits per heavy atom. The van der Waals surface area contributed by atoms with Crippen LogP contribution < -0.4 is 0 Å². The van der Waals surface area contributed by atoms with Gasteiger partial charge in [0.25, 0.3) is 0 Å². The van der Waals surface area contributed by atoms with Crippen LogP contribution in [0.25, 0.3) is 0 Å². The average Bonchev–Trinajstić information content (AvgIpc) is 2.03. The molecule has 0 amide bonds. The molecular weight excluding hydrogens is 200 g/mol. The van der Waals surface area contributed by atoms with E-state index in [1.165, 1.54) is 26.2 Å². The molecule has 2 aliphatic heterocycles. The summed E-state index contributed by atoms with van der Waals surface area (Å²) < 4.78 is 5.58. The first-order valence-electron chi connectivity index (χ1n) is 6.59. The molecule has 1 spiro atoms. The van der Waals surface area contributed by atoms with E-state index in [-0.39, 0.29) is 0 Å². The van der Waals surface area contributed by atoms with Crippen LogP contribution in [-0.2, 0) is 4.74 Å².